The molecule has 0 aliphatic rings. The third kappa shape index (κ3) is 7.12. The van der Waals surface area contributed by atoms with Crippen LogP contribution in [0, 0.1) is 11.3 Å². The normalized spacial score (nSPS) is 12.6. The summed E-state index contributed by atoms with van der Waals surface area (Å²) in [5.41, 5.74) is 1.57. The second-order valence-electron chi connectivity index (χ2n) is 8.38. The summed E-state index contributed by atoms with van der Waals surface area (Å²) in [7, 11) is 3.32. The predicted octanol–water partition coefficient (Wildman–Crippen LogP) is 2.74. The highest BCUT2D eigenvalue weighted by atomic mass is 16.5. The molecule has 0 heterocycles. The lowest BCUT2D eigenvalue weighted by Gasteiger charge is -2.27. The van der Waals surface area contributed by atoms with Crippen LogP contribution in [0.25, 0.3) is 0 Å². The van der Waals surface area contributed by atoms with Crippen molar-refractivity contribution in [3.8, 4) is 6.07 Å². The van der Waals surface area contributed by atoms with Crippen LogP contribution >= 0.6 is 0 Å². The lowest BCUT2D eigenvalue weighted by molar-refractivity contribution is -0.148. The minimum absolute atomic E-state index is 0.151. The summed E-state index contributed by atoms with van der Waals surface area (Å²) in [4.78, 5) is 26.6. The van der Waals surface area contributed by atoms with E-state index in [1.165, 1.54) is 7.11 Å². The van der Waals surface area contributed by atoms with E-state index in [2.05, 4.69) is 11.0 Å². The molecule has 1 atom stereocenters. The number of likely N-dealkylation sites (N-methyl/N-ethyl adjacent to an activating group) is 1. The topological polar surface area (TPSA) is 120 Å². The van der Waals surface area contributed by atoms with Gasteiger partial charge in [0.1, 0.15) is 0 Å². The third-order valence-corrected chi connectivity index (χ3v) is 6.10. The van der Waals surface area contributed by atoms with Crippen molar-refractivity contribution >= 4 is 11.9 Å². The average Bonchev–Trinajstić information content (AvgIpc) is 2.89. The molecule has 188 valence electrons. The standard InChI is InChI=1S/C27H34N2O6/c1-4-35-26(33)27(19-28,24-11-10-22(17-30)23(16-24)18-31)13-5-14-29(2)15-12-20-6-8-21(9-7-20)25(32)34-3/h6-11,16,30-31H,4-5,12-15,17-18H2,1-3H3. The SMILES string of the molecule is CCOC(=O)C(C#N)(CCCN(C)CCc1ccc(C(=O)OC)cc1)c1ccc(CO)c(CO)c1. The molecule has 2 rings (SSSR count). The first-order valence-corrected chi connectivity index (χ1v) is 11.6. The fraction of sp³-hybridized carbons (Fsp3) is 0.444. The fourth-order valence-electron chi connectivity index (χ4n) is 3.95. The number of ether oxygens (including phenoxy) is 2. The molecule has 8 nitrogen and oxygen atoms in total. The first kappa shape index (κ1) is 28.0. The van der Waals surface area contributed by atoms with Crippen molar-refractivity contribution in [3.05, 3.63) is 70.3 Å². The van der Waals surface area contributed by atoms with Crippen LogP contribution in [-0.4, -0.2) is 60.9 Å². The van der Waals surface area contributed by atoms with Gasteiger partial charge in [0.2, 0.25) is 0 Å². The van der Waals surface area contributed by atoms with Crippen LogP contribution in [0.2, 0.25) is 0 Å². The van der Waals surface area contributed by atoms with Gasteiger partial charge in [0.15, 0.2) is 5.41 Å². The van der Waals surface area contributed by atoms with E-state index in [1.54, 1.807) is 37.3 Å². The monoisotopic (exact) mass is 482 g/mol. The molecule has 0 saturated carbocycles. The van der Waals surface area contributed by atoms with Crippen LogP contribution < -0.4 is 0 Å². The molecule has 0 aromatic heterocycles. The number of nitriles is 1. The maximum atomic E-state index is 12.9. The first-order valence-electron chi connectivity index (χ1n) is 11.6. The molecule has 0 spiro atoms. The van der Waals surface area contributed by atoms with Gasteiger partial charge < -0.3 is 24.6 Å². The van der Waals surface area contributed by atoms with Gasteiger partial charge in [-0.1, -0.05) is 30.3 Å². The minimum Gasteiger partial charge on any atom is -0.465 e. The Morgan fingerprint density at radius 1 is 1.06 bits per heavy atom. The molecule has 0 amide bonds. The Morgan fingerprint density at radius 2 is 1.74 bits per heavy atom. The summed E-state index contributed by atoms with van der Waals surface area (Å²) in [6.07, 6.45) is 1.60. The van der Waals surface area contributed by atoms with Gasteiger partial charge in [0.05, 0.1) is 38.6 Å². The van der Waals surface area contributed by atoms with Crippen molar-refractivity contribution in [1.82, 2.24) is 4.90 Å². The number of esters is 2. The average molecular weight is 483 g/mol. The maximum Gasteiger partial charge on any atom is 0.337 e. The largest absolute Gasteiger partial charge is 0.465 e. The smallest absolute Gasteiger partial charge is 0.337 e. The summed E-state index contributed by atoms with van der Waals surface area (Å²) in [6.45, 7) is 2.71. The van der Waals surface area contributed by atoms with Crippen molar-refractivity contribution in [2.75, 3.05) is 33.9 Å². The number of methoxy groups -OCH3 is 1. The molecule has 35 heavy (non-hydrogen) atoms. The van der Waals surface area contributed by atoms with Crippen molar-refractivity contribution in [2.24, 2.45) is 0 Å². The molecule has 0 aliphatic carbocycles. The van der Waals surface area contributed by atoms with Gasteiger partial charge >= 0.3 is 11.9 Å². The number of benzene rings is 2. The quantitative estimate of drug-likeness (QED) is 0.418. The molecule has 0 fully saturated rings. The van der Waals surface area contributed by atoms with Gasteiger partial charge in [0, 0.05) is 6.54 Å². The van der Waals surface area contributed by atoms with Crippen LogP contribution in [0.1, 0.15) is 52.4 Å². The zero-order chi connectivity index (χ0) is 25.8. The lowest BCUT2D eigenvalue weighted by Crippen LogP contribution is -2.37. The minimum atomic E-state index is -1.50. The molecule has 2 N–H and O–H groups in total. The lowest BCUT2D eigenvalue weighted by atomic mass is 9.77. The molecule has 8 heteroatoms. The number of aliphatic hydroxyl groups is 2. The molecule has 2 aromatic carbocycles. The van der Waals surface area contributed by atoms with Crippen molar-refractivity contribution in [3.63, 3.8) is 0 Å². The number of aliphatic hydroxyl groups excluding tert-OH is 2. The number of carbonyl (C=O) groups is 2. The molecule has 0 aliphatic heterocycles. The Kier molecular flexibility index (Phi) is 10.9. The van der Waals surface area contributed by atoms with Gasteiger partial charge in [-0.25, -0.2) is 9.59 Å². The van der Waals surface area contributed by atoms with Crippen LogP contribution in [0.3, 0.4) is 0 Å². The van der Waals surface area contributed by atoms with Crippen molar-refractivity contribution in [2.45, 2.75) is 44.8 Å². The maximum absolute atomic E-state index is 12.9. The second kappa shape index (κ2) is 13.6. The van der Waals surface area contributed by atoms with Crippen molar-refractivity contribution in [1.29, 1.82) is 5.26 Å². The Bertz CT molecular complexity index is 1030. The van der Waals surface area contributed by atoms with E-state index < -0.39 is 11.4 Å². The molecule has 0 bridgehead atoms. The molecule has 0 saturated heterocycles. The van der Waals surface area contributed by atoms with Gasteiger partial charge in [0.25, 0.3) is 0 Å². The Balaban J connectivity index is 2.06. The zero-order valence-corrected chi connectivity index (χ0v) is 20.6. The molecule has 2 aromatic rings. The molecule has 1 unspecified atom stereocenters. The summed E-state index contributed by atoms with van der Waals surface area (Å²) < 4.78 is 9.98. The van der Waals surface area contributed by atoms with E-state index in [9.17, 15) is 25.1 Å². The summed E-state index contributed by atoms with van der Waals surface area (Å²) in [5, 5.41) is 29.3. The Labute approximate surface area is 206 Å². The van der Waals surface area contributed by atoms with E-state index in [0.29, 0.717) is 35.2 Å². The summed E-state index contributed by atoms with van der Waals surface area (Å²) in [6, 6.07) is 14.3. The number of hydrogen-bond donors (Lipinski definition) is 2. The molecular weight excluding hydrogens is 448 g/mol. The third-order valence-electron chi connectivity index (χ3n) is 6.10. The highest BCUT2D eigenvalue weighted by molar-refractivity contribution is 5.89. The highest BCUT2D eigenvalue weighted by Gasteiger charge is 2.42. The number of nitrogens with zero attached hydrogens (tertiary/aromatic N) is 2. The van der Waals surface area contributed by atoms with Crippen LogP contribution in [0.15, 0.2) is 42.5 Å². The van der Waals surface area contributed by atoms with E-state index >= 15 is 0 Å². The Morgan fingerprint density at radius 3 is 2.31 bits per heavy atom. The number of hydrogen-bond acceptors (Lipinski definition) is 8. The first-order chi connectivity index (χ1) is 16.8. The van der Waals surface area contributed by atoms with E-state index in [1.807, 2.05) is 19.2 Å². The predicted molar refractivity (Wildman–Crippen MR) is 130 cm³/mol. The summed E-state index contributed by atoms with van der Waals surface area (Å²) >= 11 is 0. The van der Waals surface area contributed by atoms with Crippen molar-refractivity contribution < 1.29 is 29.3 Å². The highest BCUT2D eigenvalue weighted by Crippen LogP contribution is 2.32. The number of rotatable bonds is 13. The second-order valence-corrected chi connectivity index (χ2v) is 8.38. The Hall–Kier alpha value is -3.25. The van der Waals surface area contributed by atoms with Gasteiger partial charge in [-0.3, -0.25) is 0 Å². The van der Waals surface area contributed by atoms with E-state index in [4.69, 9.17) is 9.47 Å². The number of carbonyl (C=O) groups excluding carboxylic acids is 2. The van der Waals surface area contributed by atoms with E-state index in [-0.39, 0.29) is 32.2 Å². The van der Waals surface area contributed by atoms with Crippen LogP contribution in [0.4, 0.5) is 0 Å². The van der Waals surface area contributed by atoms with Crippen LogP contribution in [-0.2, 0) is 39.3 Å². The molecule has 0 radical (unpaired) electrons. The van der Waals surface area contributed by atoms with Gasteiger partial charge in [-0.2, -0.15) is 5.26 Å². The summed E-state index contributed by atoms with van der Waals surface area (Å²) in [5.74, 6) is -0.982. The van der Waals surface area contributed by atoms with E-state index in [0.717, 1.165) is 18.5 Å². The fourth-order valence-corrected chi connectivity index (χ4v) is 3.95. The molecular formula is C27H34N2O6. The van der Waals surface area contributed by atoms with Gasteiger partial charge in [-0.15, -0.1) is 0 Å². The zero-order valence-electron chi connectivity index (χ0n) is 20.6. The van der Waals surface area contributed by atoms with Gasteiger partial charge in [-0.05, 0) is 74.2 Å². The van der Waals surface area contributed by atoms with Crippen LogP contribution in [0.5, 0.6) is 0 Å².